The first kappa shape index (κ1) is 31.7. The predicted octanol–water partition coefficient (Wildman–Crippen LogP) is 6.26. The summed E-state index contributed by atoms with van der Waals surface area (Å²) < 4.78 is 11.1. The lowest BCUT2D eigenvalue weighted by molar-refractivity contribution is 0.381. The van der Waals surface area contributed by atoms with Crippen LogP contribution in [-0.2, 0) is 13.1 Å². The lowest BCUT2D eigenvalue weighted by Crippen LogP contribution is -2.26. The monoisotopic (exact) mass is 633 g/mol. The second kappa shape index (κ2) is 14.3. The number of aromatic nitrogens is 4. The van der Waals surface area contributed by atoms with Crippen molar-refractivity contribution in [2.45, 2.75) is 26.4 Å². The van der Waals surface area contributed by atoms with Crippen molar-refractivity contribution in [3.8, 4) is 45.4 Å². The van der Waals surface area contributed by atoms with Gasteiger partial charge in [-0.05, 0) is 26.3 Å². The van der Waals surface area contributed by atoms with E-state index >= 15 is 0 Å². The molecule has 1 unspecified atom stereocenters. The highest BCUT2D eigenvalue weighted by atomic mass is 35.5. The van der Waals surface area contributed by atoms with Crippen LogP contribution in [0.2, 0.25) is 10.0 Å². The second-order valence-electron chi connectivity index (χ2n) is 10.8. The third-order valence-corrected chi connectivity index (χ3v) is 8.56. The summed E-state index contributed by atoms with van der Waals surface area (Å²) in [6.07, 6.45) is 4.57. The van der Waals surface area contributed by atoms with Crippen LogP contribution < -0.4 is 20.1 Å². The second-order valence-corrected chi connectivity index (χ2v) is 11.5. The van der Waals surface area contributed by atoms with Gasteiger partial charge < -0.3 is 25.0 Å². The Balaban J connectivity index is 1.38. The zero-order valence-corrected chi connectivity index (χ0v) is 27.0. The van der Waals surface area contributed by atoms with Crippen LogP contribution >= 0.6 is 23.2 Å². The highest BCUT2D eigenvalue weighted by Crippen LogP contribution is 2.42. The van der Waals surface area contributed by atoms with E-state index in [0.29, 0.717) is 57.9 Å². The van der Waals surface area contributed by atoms with Crippen LogP contribution in [0.25, 0.3) is 33.6 Å². The van der Waals surface area contributed by atoms with Crippen LogP contribution in [0, 0.1) is 5.92 Å². The van der Waals surface area contributed by atoms with Gasteiger partial charge in [0, 0.05) is 60.7 Å². The van der Waals surface area contributed by atoms with Crippen LogP contribution in [0.1, 0.15) is 24.7 Å². The standard InChI is InChI=1S/C33H37Cl2N7O2/c1-20(2)42-13-12-21(19-42)14-37-16-29-33(44-5)41-27(18-39-29)25-11-7-9-23(31(25)35)22-8-6-10-24(30(22)34)26-17-38-28(15-36-3)32(40-26)43-4/h6-11,17-18,21,36-37H,1,12-16,19H2,2-5H3. The fraction of sp³-hybridized carbons (Fsp3) is 0.333. The molecule has 4 aromatic rings. The molecule has 0 aliphatic carbocycles. The van der Waals surface area contributed by atoms with Gasteiger partial charge in [0.05, 0.1) is 48.0 Å². The summed E-state index contributed by atoms with van der Waals surface area (Å²) in [5.41, 5.74) is 6.74. The number of rotatable bonds is 12. The molecule has 3 heterocycles. The normalized spacial score (nSPS) is 14.6. The Hall–Kier alpha value is -3.76. The lowest BCUT2D eigenvalue weighted by atomic mass is 9.98. The fourth-order valence-corrected chi connectivity index (χ4v) is 6.06. The molecule has 11 heteroatoms. The number of ether oxygens (including phenoxy) is 2. The van der Waals surface area contributed by atoms with Crippen LogP contribution in [-0.4, -0.2) is 65.7 Å². The third-order valence-electron chi connectivity index (χ3n) is 7.74. The number of likely N-dealkylation sites (tertiary alicyclic amines) is 1. The summed E-state index contributed by atoms with van der Waals surface area (Å²) >= 11 is 14.0. The Morgan fingerprint density at radius 3 is 1.89 bits per heavy atom. The minimum atomic E-state index is 0.442. The van der Waals surface area contributed by atoms with Gasteiger partial charge >= 0.3 is 0 Å². The first-order valence-corrected chi connectivity index (χ1v) is 15.2. The van der Waals surface area contributed by atoms with E-state index in [4.69, 9.17) is 42.6 Å². The molecule has 0 amide bonds. The van der Waals surface area contributed by atoms with Gasteiger partial charge in [-0.3, -0.25) is 9.97 Å². The molecule has 0 radical (unpaired) electrons. The van der Waals surface area contributed by atoms with Crippen LogP contribution in [0.15, 0.2) is 61.1 Å². The Labute approximate surface area is 268 Å². The van der Waals surface area contributed by atoms with Gasteiger partial charge in [-0.2, -0.15) is 0 Å². The van der Waals surface area contributed by atoms with Gasteiger partial charge in [0.15, 0.2) is 0 Å². The summed E-state index contributed by atoms with van der Waals surface area (Å²) in [4.78, 5) is 21.0. The molecule has 44 heavy (non-hydrogen) atoms. The van der Waals surface area contributed by atoms with E-state index in [1.807, 2.05) is 43.4 Å². The van der Waals surface area contributed by atoms with Gasteiger partial charge in [0.25, 0.3) is 0 Å². The summed E-state index contributed by atoms with van der Waals surface area (Å²) in [6.45, 7) is 10.2. The molecular formula is C33H37Cl2N7O2. The molecule has 1 atom stereocenters. The van der Waals surface area contributed by atoms with Crippen LogP contribution in [0.3, 0.4) is 0 Å². The van der Waals surface area contributed by atoms with E-state index in [2.05, 4.69) is 39.0 Å². The largest absolute Gasteiger partial charge is 0.480 e. The van der Waals surface area contributed by atoms with E-state index in [1.165, 1.54) is 0 Å². The molecule has 2 aromatic heterocycles. The topological polar surface area (TPSA) is 97.3 Å². The molecular weight excluding hydrogens is 597 g/mol. The quantitative estimate of drug-likeness (QED) is 0.187. The number of benzene rings is 2. The van der Waals surface area contributed by atoms with E-state index in [9.17, 15) is 0 Å². The molecule has 1 aliphatic rings. The highest BCUT2D eigenvalue weighted by Gasteiger charge is 2.22. The molecule has 0 bridgehead atoms. The minimum absolute atomic E-state index is 0.442. The molecule has 1 fully saturated rings. The summed E-state index contributed by atoms with van der Waals surface area (Å²) in [5, 5.41) is 7.60. The van der Waals surface area contributed by atoms with Crippen molar-refractivity contribution in [1.29, 1.82) is 0 Å². The molecule has 2 aromatic carbocycles. The summed E-state index contributed by atoms with van der Waals surface area (Å²) in [7, 11) is 5.02. The first-order chi connectivity index (χ1) is 21.3. The van der Waals surface area contributed by atoms with Crippen molar-refractivity contribution in [2.75, 3.05) is 40.9 Å². The number of nitrogens with zero attached hydrogens (tertiary/aromatic N) is 5. The molecule has 230 valence electrons. The lowest BCUT2D eigenvalue weighted by Gasteiger charge is -2.18. The van der Waals surface area contributed by atoms with E-state index in [1.54, 1.807) is 26.6 Å². The SMILES string of the molecule is C=C(C)N1CCC(CNCc2ncc(-c3cccc(-c4cccc(-c5cnc(CNC)c(OC)n5)c4Cl)c3Cl)nc2OC)C1. The number of hydrogen-bond acceptors (Lipinski definition) is 9. The van der Waals surface area contributed by atoms with Crippen molar-refractivity contribution in [3.63, 3.8) is 0 Å². The Bertz CT molecular complexity index is 1650. The molecule has 1 aliphatic heterocycles. The zero-order valence-electron chi connectivity index (χ0n) is 25.5. The summed E-state index contributed by atoms with van der Waals surface area (Å²) in [5.74, 6) is 1.47. The van der Waals surface area contributed by atoms with Gasteiger partial charge in [-0.25, -0.2) is 9.97 Å². The number of hydrogen-bond donors (Lipinski definition) is 2. The van der Waals surface area contributed by atoms with Gasteiger partial charge in [-0.1, -0.05) is 66.2 Å². The van der Waals surface area contributed by atoms with Crippen LogP contribution in [0.5, 0.6) is 11.8 Å². The smallest absolute Gasteiger partial charge is 0.237 e. The molecule has 1 saturated heterocycles. The van der Waals surface area contributed by atoms with Crippen molar-refractivity contribution < 1.29 is 9.47 Å². The van der Waals surface area contributed by atoms with Crippen molar-refractivity contribution in [1.82, 2.24) is 35.5 Å². The van der Waals surface area contributed by atoms with Gasteiger partial charge in [-0.15, -0.1) is 0 Å². The number of halogens is 2. The zero-order chi connectivity index (χ0) is 31.2. The summed E-state index contributed by atoms with van der Waals surface area (Å²) in [6, 6.07) is 11.5. The van der Waals surface area contributed by atoms with Crippen molar-refractivity contribution >= 4 is 23.2 Å². The molecule has 2 N–H and O–H groups in total. The maximum Gasteiger partial charge on any atom is 0.237 e. The van der Waals surface area contributed by atoms with Crippen molar-refractivity contribution in [2.24, 2.45) is 5.92 Å². The van der Waals surface area contributed by atoms with E-state index in [0.717, 1.165) is 59.7 Å². The minimum Gasteiger partial charge on any atom is -0.480 e. The maximum absolute atomic E-state index is 7.03. The fourth-order valence-electron chi connectivity index (χ4n) is 5.41. The number of allylic oxidation sites excluding steroid dienone is 1. The van der Waals surface area contributed by atoms with Crippen LogP contribution in [0.4, 0.5) is 0 Å². The number of methoxy groups -OCH3 is 2. The average Bonchev–Trinajstić information content (AvgIpc) is 3.51. The first-order valence-electron chi connectivity index (χ1n) is 14.5. The Kier molecular flexibility index (Phi) is 10.3. The average molecular weight is 635 g/mol. The number of nitrogens with one attached hydrogen (secondary N) is 2. The van der Waals surface area contributed by atoms with Crippen molar-refractivity contribution in [3.05, 3.63) is 82.5 Å². The molecule has 0 spiro atoms. The van der Waals surface area contributed by atoms with E-state index < -0.39 is 0 Å². The third kappa shape index (κ3) is 6.81. The van der Waals surface area contributed by atoms with Gasteiger partial charge in [0.2, 0.25) is 11.8 Å². The highest BCUT2D eigenvalue weighted by molar-refractivity contribution is 6.39. The molecule has 5 rings (SSSR count). The van der Waals surface area contributed by atoms with E-state index in [-0.39, 0.29) is 0 Å². The van der Waals surface area contributed by atoms with Gasteiger partial charge in [0.1, 0.15) is 11.4 Å². The predicted molar refractivity (Wildman–Crippen MR) is 176 cm³/mol. The Morgan fingerprint density at radius 2 is 1.41 bits per heavy atom. The molecule has 9 nitrogen and oxygen atoms in total. The Morgan fingerprint density at radius 1 is 0.886 bits per heavy atom. The maximum atomic E-state index is 7.03. The molecule has 0 saturated carbocycles.